The Morgan fingerprint density at radius 3 is 2.17 bits per heavy atom. The van der Waals surface area contributed by atoms with Gasteiger partial charge in [0.15, 0.2) is 0 Å². The van der Waals surface area contributed by atoms with Crippen molar-refractivity contribution in [2.45, 2.75) is 6.10 Å². The predicted octanol–water partition coefficient (Wildman–Crippen LogP) is -3.77. The number of methoxy groups -OCH3 is 1. The summed E-state index contributed by atoms with van der Waals surface area (Å²) in [6.45, 7) is 0.368. The lowest BCUT2D eigenvalue weighted by atomic mass is 10.3. The predicted molar refractivity (Wildman–Crippen MR) is 40.9 cm³/mol. The zero-order valence-electron chi connectivity index (χ0n) is 7.87. The van der Waals surface area contributed by atoms with Gasteiger partial charge in [-0.3, -0.25) is 0 Å². The van der Waals surface area contributed by atoms with E-state index in [1.54, 1.807) is 0 Å². The molecule has 0 aliphatic carbocycles. The highest BCUT2D eigenvalue weighted by Gasteiger charge is 2.22. The number of rotatable bonds is 3. The lowest BCUT2D eigenvalue weighted by Crippen LogP contribution is -3.00. The number of likely N-dealkylation sites (N-methyl/N-ethyl adjacent to an activating group) is 1. The summed E-state index contributed by atoms with van der Waals surface area (Å²) in [5.41, 5.74) is 0. The van der Waals surface area contributed by atoms with Crippen molar-refractivity contribution in [2.75, 3.05) is 34.8 Å². The second-order valence-corrected chi connectivity index (χ2v) is 3.51. The highest BCUT2D eigenvalue weighted by atomic mass is 127. The molecule has 0 aliphatic rings. The van der Waals surface area contributed by atoms with Gasteiger partial charge in [-0.25, -0.2) is 4.79 Å². The average molecular weight is 289 g/mol. The van der Waals surface area contributed by atoms with E-state index in [9.17, 15) is 4.79 Å². The minimum Gasteiger partial charge on any atom is -1.00 e. The number of aliphatic hydroxyl groups is 1. The second kappa shape index (κ2) is 5.71. The van der Waals surface area contributed by atoms with Crippen LogP contribution in [0.25, 0.3) is 0 Å². The number of ether oxygens (including phenoxy) is 1. The van der Waals surface area contributed by atoms with Gasteiger partial charge < -0.3 is 38.3 Å². The largest absolute Gasteiger partial charge is 1.00 e. The number of esters is 1. The average Bonchev–Trinajstić information content (AvgIpc) is 1.82. The summed E-state index contributed by atoms with van der Waals surface area (Å²) in [6, 6.07) is 0. The van der Waals surface area contributed by atoms with Crippen LogP contribution in [0.3, 0.4) is 0 Å². The molecule has 0 aromatic heterocycles. The van der Waals surface area contributed by atoms with E-state index in [0.717, 1.165) is 0 Å². The molecule has 4 nitrogen and oxygen atoms in total. The SMILES string of the molecule is COC(=O)C(O)C[N+](C)(C)C.[I-]. The molecular formula is C7H16INO3. The topological polar surface area (TPSA) is 46.5 Å². The van der Waals surface area contributed by atoms with Crippen molar-refractivity contribution in [3.05, 3.63) is 0 Å². The molecule has 0 aromatic rings. The molecule has 0 rings (SSSR count). The molecule has 0 radical (unpaired) electrons. The summed E-state index contributed by atoms with van der Waals surface area (Å²) in [4.78, 5) is 10.7. The van der Waals surface area contributed by atoms with Crippen LogP contribution in [0.1, 0.15) is 0 Å². The van der Waals surface area contributed by atoms with Gasteiger partial charge in [0.05, 0.1) is 28.3 Å². The van der Waals surface area contributed by atoms with Gasteiger partial charge in [0.25, 0.3) is 0 Å². The van der Waals surface area contributed by atoms with Crippen molar-refractivity contribution in [3.63, 3.8) is 0 Å². The first-order valence-corrected chi connectivity index (χ1v) is 3.43. The first-order chi connectivity index (χ1) is 4.87. The fraction of sp³-hybridized carbons (Fsp3) is 0.857. The third kappa shape index (κ3) is 6.81. The van der Waals surface area contributed by atoms with Crippen molar-refractivity contribution in [3.8, 4) is 0 Å². The summed E-state index contributed by atoms with van der Waals surface area (Å²) in [5, 5.41) is 9.16. The molecule has 5 heteroatoms. The number of quaternary nitrogens is 1. The van der Waals surface area contributed by atoms with E-state index in [1.165, 1.54) is 7.11 Å². The number of halogens is 1. The van der Waals surface area contributed by atoms with Gasteiger partial charge in [0, 0.05) is 0 Å². The monoisotopic (exact) mass is 289 g/mol. The molecule has 0 amide bonds. The lowest BCUT2D eigenvalue weighted by molar-refractivity contribution is -0.872. The number of hydrogen-bond acceptors (Lipinski definition) is 3. The smallest absolute Gasteiger partial charge is 0.340 e. The number of aliphatic hydroxyl groups excluding tert-OH is 1. The van der Waals surface area contributed by atoms with Gasteiger partial charge in [0.2, 0.25) is 6.10 Å². The van der Waals surface area contributed by atoms with Crippen molar-refractivity contribution >= 4 is 5.97 Å². The lowest BCUT2D eigenvalue weighted by Gasteiger charge is -2.25. The van der Waals surface area contributed by atoms with E-state index >= 15 is 0 Å². The maximum atomic E-state index is 10.7. The van der Waals surface area contributed by atoms with Crippen LogP contribution in [-0.2, 0) is 9.53 Å². The first kappa shape index (κ1) is 14.6. The molecule has 74 valence electrons. The molecule has 0 bridgehead atoms. The molecular weight excluding hydrogens is 273 g/mol. The number of nitrogens with zero attached hydrogens (tertiary/aromatic N) is 1. The van der Waals surface area contributed by atoms with Crippen molar-refractivity contribution < 1.29 is 43.1 Å². The summed E-state index contributed by atoms with van der Waals surface area (Å²) in [5.74, 6) is -0.571. The molecule has 0 aromatic carbocycles. The Balaban J connectivity index is 0. The van der Waals surface area contributed by atoms with Crippen LogP contribution in [0.5, 0.6) is 0 Å². The minimum absolute atomic E-state index is 0. The van der Waals surface area contributed by atoms with E-state index in [0.29, 0.717) is 11.0 Å². The van der Waals surface area contributed by atoms with Gasteiger partial charge in [-0.1, -0.05) is 0 Å². The van der Waals surface area contributed by atoms with Crippen LogP contribution in [-0.4, -0.2) is 56.5 Å². The third-order valence-corrected chi connectivity index (χ3v) is 1.19. The minimum atomic E-state index is -1.01. The van der Waals surface area contributed by atoms with Gasteiger partial charge in [-0.05, 0) is 0 Å². The van der Waals surface area contributed by atoms with Crippen LogP contribution in [0.2, 0.25) is 0 Å². The Hall–Kier alpha value is 0.120. The Bertz CT molecular complexity index is 144. The van der Waals surface area contributed by atoms with Gasteiger partial charge in [-0.2, -0.15) is 0 Å². The normalized spacial score (nSPS) is 13.1. The van der Waals surface area contributed by atoms with E-state index in [4.69, 9.17) is 5.11 Å². The number of carbonyl (C=O) groups excluding carboxylic acids is 1. The Morgan fingerprint density at radius 1 is 1.50 bits per heavy atom. The van der Waals surface area contributed by atoms with Crippen LogP contribution in [0, 0.1) is 0 Å². The molecule has 0 saturated heterocycles. The van der Waals surface area contributed by atoms with E-state index in [2.05, 4.69) is 4.74 Å². The molecule has 0 fully saturated rings. The van der Waals surface area contributed by atoms with Crippen LogP contribution in [0.4, 0.5) is 0 Å². The summed E-state index contributed by atoms with van der Waals surface area (Å²) in [7, 11) is 6.95. The van der Waals surface area contributed by atoms with E-state index in [-0.39, 0.29) is 24.0 Å². The fourth-order valence-electron chi connectivity index (χ4n) is 0.729. The van der Waals surface area contributed by atoms with E-state index < -0.39 is 12.1 Å². The third-order valence-electron chi connectivity index (χ3n) is 1.19. The molecule has 0 aliphatic heterocycles. The van der Waals surface area contributed by atoms with Gasteiger partial charge in [0.1, 0.15) is 6.54 Å². The molecule has 0 saturated carbocycles. The zero-order chi connectivity index (χ0) is 9.07. The number of carbonyl (C=O) groups is 1. The van der Waals surface area contributed by atoms with Gasteiger partial charge >= 0.3 is 5.97 Å². The maximum absolute atomic E-state index is 10.7. The Morgan fingerprint density at radius 2 is 1.92 bits per heavy atom. The molecule has 0 spiro atoms. The molecule has 1 unspecified atom stereocenters. The van der Waals surface area contributed by atoms with Crippen LogP contribution in [0.15, 0.2) is 0 Å². The highest BCUT2D eigenvalue weighted by Crippen LogP contribution is 1.96. The van der Waals surface area contributed by atoms with E-state index in [1.807, 2.05) is 21.1 Å². The molecule has 1 N–H and O–H groups in total. The van der Waals surface area contributed by atoms with Gasteiger partial charge in [-0.15, -0.1) is 0 Å². The summed E-state index contributed by atoms with van der Waals surface area (Å²) < 4.78 is 4.90. The fourth-order valence-corrected chi connectivity index (χ4v) is 0.729. The first-order valence-electron chi connectivity index (χ1n) is 3.43. The molecule has 0 heterocycles. The maximum Gasteiger partial charge on any atom is 0.340 e. The number of hydrogen-bond donors (Lipinski definition) is 1. The van der Waals surface area contributed by atoms with Crippen LogP contribution < -0.4 is 24.0 Å². The van der Waals surface area contributed by atoms with Crippen LogP contribution >= 0.6 is 0 Å². The summed E-state index contributed by atoms with van der Waals surface area (Å²) >= 11 is 0. The Kier molecular flexibility index (Phi) is 6.97. The Labute approximate surface area is 90.1 Å². The molecule has 12 heavy (non-hydrogen) atoms. The zero-order valence-corrected chi connectivity index (χ0v) is 10.0. The second-order valence-electron chi connectivity index (χ2n) is 3.51. The summed E-state index contributed by atoms with van der Waals surface area (Å²) in [6.07, 6.45) is -1.01. The van der Waals surface area contributed by atoms with Crippen molar-refractivity contribution in [1.82, 2.24) is 0 Å². The quantitative estimate of drug-likeness (QED) is 0.330. The molecule has 1 atom stereocenters. The highest BCUT2D eigenvalue weighted by molar-refractivity contribution is 5.74. The van der Waals surface area contributed by atoms with Crippen molar-refractivity contribution in [2.24, 2.45) is 0 Å². The van der Waals surface area contributed by atoms with Crippen molar-refractivity contribution in [1.29, 1.82) is 0 Å². The standard InChI is InChI=1S/C7H16NO3.HI/c1-8(2,3)5-6(9)7(10)11-4;/h6,9H,5H2,1-4H3;1H/q+1;/p-1.